The summed E-state index contributed by atoms with van der Waals surface area (Å²) in [5, 5.41) is 20.9. The van der Waals surface area contributed by atoms with E-state index in [0.717, 1.165) is 11.1 Å². The highest BCUT2D eigenvalue weighted by Crippen LogP contribution is 2.34. The number of aliphatic carboxylic acids is 2. The fourth-order valence-electron chi connectivity index (χ4n) is 4.16. The third kappa shape index (κ3) is 6.51. The lowest BCUT2D eigenvalue weighted by Crippen LogP contribution is -2.48. The molecule has 0 aliphatic carbocycles. The van der Waals surface area contributed by atoms with Gasteiger partial charge in [-0.3, -0.25) is 9.59 Å². The Morgan fingerprint density at radius 2 is 1.44 bits per heavy atom. The molecule has 0 saturated heterocycles. The van der Waals surface area contributed by atoms with Crippen molar-refractivity contribution in [3.05, 3.63) is 94.5 Å². The van der Waals surface area contributed by atoms with E-state index in [1.165, 1.54) is 22.2 Å². The Morgan fingerprint density at radius 1 is 0.846 bits per heavy atom. The first-order valence-corrected chi connectivity index (χ1v) is 12.1. The summed E-state index contributed by atoms with van der Waals surface area (Å²) in [5.74, 6) is -3.50. The van der Waals surface area contributed by atoms with Gasteiger partial charge in [0.2, 0.25) is 0 Å². The Labute approximate surface area is 223 Å². The van der Waals surface area contributed by atoms with E-state index in [2.05, 4.69) is 0 Å². The number of rotatable bonds is 10. The van der Waals surface area contributed by atoms with E-state index in [0.29, 0.717) is 17.7 Å². The predicted molar refractivity (Wildman–Crippen MR) is 138 cm³/mol. The minimum absolute atomic E-state index is 0.0167. The van der Waals surface area contributed by atoms with Gasteiger partial charge in [-0.05, 0) is 47.4 Å². The first-order chi connectivity index (χ1) is 18.8. The van der Waals surface area contributed by atoms with Crippen LogP contribution in [0.15, 0.2) is 66.7 Å². The number of nitrogens with two attached hydrogens (primary N) is 1. The molecule has 0 fully saturated rings. The normalized spacial score (nSPS) is 12.9. The maximum atomic E-state index is 14.0. The van der Waals surface area contributed by atoms with Gasteiger partial charge in [-0.1, -0.05) is 42.5 Å². The zero-order valence-corrected chi connectivity index (χ0v) is 20.9. The van der Waals surface area contributed by atoms with E-state index in [1.807, 2.05) is 24.3 Å². The molecule has 0 aromatic heterocycles. The number of carbonyl (C=O) groups is 4. The van der Waals surface area contributed by atoms with E-state index < -0.39 is 31.1 Å². The van der Waals surface area contributed by atoms with Gasteiger partial charge >= 0.3 is 11.9 Å². The molecule has 39 heavy (non-hydrogen) atoms. The lowest BCUT2D eigenvalue weighted by atomic mass is 10.0. The minimum Gasteiger partial charge on any atom is -0.479 e. The molecule has 0 spiro atoms. The molecular formula is C28H27N3O8. The van der Waals surface area contributed by atoms with Crippen molar-refractivity contribution in [3.63, 3.8) is 0 Å². The zero-order chi connectivity index (χ0) is 27.9. The van der Waals surface area contributed by atoms with Gasteiger partial charge in [-0.15, -0.1) is 0 Å². The van der Waals surface area contributed by atoms with Gasteiger partial charge in [0.1, 0.15) is 0 Å². The van der Waals surface area contributed by atoms with Crippen molar-refractivity contribution in [1.29, 1.82) is 0 Å². The first-order valence-electron chi connectivity index (χ1n) is 12.1. The molecule has 0 atom stereocenters. The van der Waals surface area contributed by atoms with Crippen molar-refractivity contribution in [2.75, 3.05) is 19.8 Å². The van der Waals surface area contributed by atoms with Crippen LogP contribution in [0, 0.1) is 0 Å². The van der Waals surface area contributed by atoms with E-state index in [-0.39, 0.29) is 42.5 Å². The molecule has 0 saturated carbocycles. The molecule has 4 rings (SSSR count). The summed E-state index contributed by atoms with van der Waals surface area (Å²) in [6, 6.07) is 18.7. The second-order valence-electron chi connectivity index (χ2n) is 8.75. The third-order valence-electron chi connectivity index (χ3n) is 6.07. The molecule has 1 aliphatic rings. The Balaban J connectivity index is 1.76. The summed E-state index contributed by atoms with van der Waals surface area (Å²) in [6.07, 6.45) is 0.241. The number of hydrogen-bond acceptors (Lipinski definition) is 7. The lowest BCUT2D eigenvalue weighted by Gasteiger charge is -2.33. The van der Waals surface area contributed by atoms with Gasteiger partial charge < -0.3 is 25.4 Å². The monoisotopic (exact) mass is 533 g/mol. The summed E-state index contributed by atoms with van der Waals surface area (Å²) in [5.41, 5.74) is 8.46. The van der Waals surface area contributed by atoms with Crippen LogP contribution in [0.4, 0.5) is 0 Å². The topological polar surface area (TPSA) is 160 Å². The Morgan fingerprint density at radius 3 is 2.03 bits per heavy atom. The van der Waals surface area contributed by atoms with Crippen molar-refractivity contribution in [2.24, 2.45) is 5.73 Å². The number of carboxylic acids is 2. The van der Waals surface area contributed by atoms with Crippen LogP contribution in [0.5, 0.6) is 11.5 Å². The van der Waals surface area contributed by atoms with Crippen molar-refractivity contribution in [2.45, 2.75) is 19.5 Å². The van der Waals surface area contributed by atoms with Gasteiger partial charge in [-0.2, -0.15) is 0 Å². The molecule has 1 aliphatic heterocycles. The summed E-state index contributed by atoms with van der Waals surface area (Å²) >= 11 is 0. The van der Waals surface area contributed by atoms with Crippen molar-refractivity contribution < 1.29 is 38.9 Å². The average Bonchev–Trinajstić information content (AvgIpc) is 3.07. The van der Waals surface area contributed by atoms with Crippen LogP contribution in [0.3, 0.4) is 0 Å². The summed E-state index contributed by atoms with van der Waals surface area (Å²) in [7, 11) is 0. The molecule has 202 valence electrons. The molecule has 3 aromatic carbocycles. The molecule has 11 nitrogen and oxygen atoms in total. The molecule has 2 amide bonds. The third-order valence-corrected chi connectivity index (χ3v) is 6.07. The van der Waals surface area contributed by atoms with Crippen LogP contribution >= 0.6 is 0 Å². The number of fused-ring (bicyclic) bond motifs is 1. The molecule has 3 aromatic rings. The molecule has 1 heterocycles. The zero-order valence-electron chi connectivity index (χ0n) is 20.9. The summed E-state index contributed by atoms with van der Waals surface area (Å²) in [4.78, 5) is 49.8. The Bertz CT molecular complexity index is 1380. The summed E-state index contributed by atoms with van der Waals surface area (Å²) in [6.45, 7) is -0.850. The highest BCUT2D eigenvalue weighted by Gasteiger charge is 2.33. The van der Waals surface area contributed by atoms with Gasteiger partial charge in [0.05, 0.1) is 6.54 Å². The quantitative estimate of drug-likeness (QED) is 0.355. The first kappa shape index (κ1) is 27.1. The molecular weight excluding hydrogens is 506 g/mol. The number of nitrogens with zero attached hydrogens (tertiary/aromatic N) is 2. The van der Waals surface area contributed by atoms with Crippen molar-refractivity contribution in [1.82, 2.24) is 10.0 Å². The van der Waals surface area contributed by atoms with Gasteiger partial charge in [0, 0.05) is 24.2 Å². The Kier molecular flexibility index (Phi) is 8.42. The molecule has 0 radical (unpaired) electrons. The molecule has 0 unspecified atom stereocenters. The van der Waals surface area contributed by atoms with E-state index in [9.17, 15) is 19.2 Å². The van der Waals surface area contributed by atoms with Crippen molar-refractivity contribution >= 4 is 23.8 Å². The number of hydrogen-bond donors (Lipinski definition) is 3. The second-order valence-corrected chi connectivity index (χ2v) is 8.75. The average molecular weight is 534 g/mol. The van der Waals surface area contributed by atoms with Crippen LogP contribution in [-0.4, -0.2) is 63.7 Å². The van der Waals surface area contributed by atoms with Crippen LogP contribution in [0.1, 0.15) is 37.4 Å². The number of carboxylic acid groups (broad SMARTS) is 2. The van der Waals surface area contributed by atoms with Crippen molar-refractivity contribution in [3.8, 4) is 11.5 Å². The van der Waals surface area contributed by atoms with Gasteiger partial charge in [-0.25, -0.2) is 19.6 Å². The predicted octanol–water partition coefficient (Wildman–Crippen LogP) is 2.33. The fraction of sp³-hybridized carbons (Fsp3) is 0.214. The van der Waals surface area contributed by atoms with Gasteiger partial charge in [0.25, 0.3) is 11.8 Å². The molecule has 4 N–H and O–H groups in total. The van der Waals surface area contributed by atoms with E-state index in [4.69, 9.17) is 25.4 Å². The number of hydrazine groups is 1. The van der Waals surface area contributed by atoms with E-state index >= 15 is 0 Å². The van der Waals surface area contributed by atoms with Gasteiger partial charge in [0.15, 0.2) is 24.7 Å². The van der Waals surface area contributed by atoms with Crippen LogP contribution in [0.25, 0.3) is 0 Å². The number of ether oxygens (including phenoxy) is 2. The van der Waals surface area contributed by atoms with Crippen LogP contribution in [0.2, 0.25) is 0 Å². The summed E-state index contributed by atoms with van der Waals surface area (Å²) < 4.78 is 10.7. The van der Waals surface area contributed by atoms with E-state index in [1.54, 1.807) is 30.3 Å². The maximum Gasteiger partial charge on any atom is 0.341 e. The molecule has 11 heteroatoms. The standard InChI is InChI=1S/C28H27N3O8/c29-14-18-6-8-19(9-7-18)15-31-28(37)22-13-24(39-17-26(34)35)23(38-16-25(32)33)12-21(22)10-11-30(31)27(36)20-4-2-1-3-5-20/h1-9,12-13H,10-11,14-17,29H2,(H,32,33)(H,34,35). The number of amides is 2. The molecule has 0 bridgehead atoms. The highest BCUT2D eigenvalue weighted by atomic mass is 16.5. The number of carbonyl (C=O) groups excluding carboxylic acids is 2. The highest BCUT2D eigenvalue weighted by molar-refractivity contribution is 6.01. The fourth-order valence-corrected chi connectivity index (χ4v) is 4.16. The Hall–Kier alpha value is -4.90. The largest absolute Gasteiger partial charge is 0.479 e. The number of benzene rings is 3. The second kappa shape index (κ2) is 12.1. The lowest BCUT2D eigenvalue weighted by molar-refractivity contribution is -0.140. The van der Waals surface area contributed by atoms with Crippen LogP contribution < -0.4 is 15.2 Å². The SMILES string of the molecule is NCc1ccc(CN2C(=O)c3cc(OCC(=O)O)c(OCC(=O)O)cc3CCN2C(=O)c2ccccc2)cc1. The minimum atomic E-state index is -1.26. The van der Waals surface area contributed by atoms with Crippen LogP contribution in [-0.2, 0) is 29.1 Å². The maximum absolute atomic E-state index is 14.0. The smallest absolute Gasteiger partial charge is 0.341 e.